The molecule has 0 heterocycles. The highest BCUT2D eigenvalue weighted by Gasteiger charge is 2.41. The molecule has 3 nitrogen and oxygen atoms in total. The van der Waals surface area contributed by atoms with Gasteiger partial charge in [0.2, 0.25) is 0 Å². The zero-order valence-electron chi connectivity index (χ0n) is 10.4. The molecule has 0 aliphatic rings. The fraction of sp³-hybridized carbons (Fsp3) is 1.00. The van der Waals surface area contributed by atoms with E-state index in [9.17, 15) is 0 Å². The summed E-state index contributed by atoms with van der Waals surface area (Å²) in [4.78, 5) is 0. The highest BCUT2D eigenvalue weighted by Crippen LogP contribution is 2.20. The smallest absolute Gasteiger partial charge is 0.374 e. The highest BCUT2D eigenvalue weighted by atomic mass is 32.1. The predicted octanol–water partition coefficient (Wildman–Crippen LogP) is 2.65. The van der Waals surface area contributed by atoms with Gasteiger partial charge in [-0.1, -0.05) is 0 Å². The molecule has 1 atom stereocenters. The van der Waals surface area contributed by atoms with E-state index in [1.807, 2.05) is 20.8 Å². The Morgan fingerprint density at radius 2 is 1.62 bits per heavy atom. The largest absolute Gasteiger partial charge is 0.502 e. The molecule has 1 unspecified atom stereocenters. The third kappa shape index (κ3) is 6.51. The Morgan fingerprint density at radius 3 is 2.00 bits per heavy atom. The van der Waals surface area contributed by atoms with Gasteiger partial charge in [0.25, 0.3) is 0 Å². The second-order valence-corrected chi connectivity index (χ2v) is 7.04. The van der Waals surface area contributed by atoms with Crippen molar-refractivity contribution in [3.8, 4) is 0 Å². The van der Waals surface area contributed by atoms with E-state index in [0.717, 1.165) is 24.0 Å². The summed E-state index contributed by atoms with van der Waals surface area (Å²) in [6.07, 6.45) is 1.03. The van der Waals surface area contributed by atoms with Crippen molar-refractivity contribution in [1.82, 2.24) is 0 Å². The quantitative estimate of drug-likeness (QED) is 0.477. The highest BCUT2D eigenvalue weighted by molar-refractivity contribution is 7.80. The van der Waals surface area contributed by atoms with Crippen LogP contribution < -0.4 is 0 Å². The van der Waals surface area contributed by atoms with Crippen LogP contribution in [-0.4, -0.2) is 39.6 Å². The number of hydrogen-bond acceptors (Lipinski definition) is 5. The summed E-state index contributed by atoms with van der Waals surface area (Å²) in [5.74, 6) is 1.53. The van der Waals surface area contributed by atoms with Gasteiger partial charge in [0.05, 0.1) is 0 Å². The summed E-state index contributed by atoms with van der Waals surface area (Å²) in [5.41, 5.74) is 0. The van der Waals surface area contributed by atoms with Crippen molar-refractivity contribution in [2.45, 2.75) is 39.3 Å². The Bertz CT molecular complexity index is 155. The number of hydrogen-bond donors (Lipinski definition) is 2. The molecule has 16 heavy (non-hydrogen) atoms. The zero-order chi connectivity index (χ0) is 12.4. The summed E-state index contributed by atoms with van der Waals surface area (Å²) < 4.78 is 17.5. The van der Waals surface area contributed by atoms with Gasteiger partial charge in [-0.2, -0.15) is 25.3 Å². The average Bonchev–Trinajstić information content (AvgIpc) is 2.18. The molecule has 0 aliphatic heterocycles. The lowest BCUT2D eigenvalue weighted by atomic mass is 10.3. The monoisotopic (exact) mass is 284 g/mol. The van der Waals surface area contributed by atoms with Crippen LogP contribution in [0.15, 0.2) is 0 Å². The second-order valence-electron chi connectivity index (χ2n) is 3.46. The minimum absolute atomic E-state index is 0.127. The van der Waals surface area contributed by atoms with Gasteiger partial charge < -0.3 is 13.3 Å². The molecule has 0 radical (unpaired) electrons. The first kappa shape index (κ1) is 16.8. The summed E-state index contributed by atoms with van der Waals surface area (Å²) >= 11 is 8.46. The molecule has 0 bridgehead atoms. The van der Waals surface area contributed by atoms with Gasteiger partial charge >= 0.3 is 8.80 Å². The summed E-state index contributed by atoms with van der Waals surface area (Å²) in [5, 5.41) is 0. The van der Waals surface area contributed by atoms with Crippen molar-refractivity contribution >= 4 is 34.1 Å². The maximum absolute atomic E-state index is 6.00. The van der Waals surface area contributed by atoms with E-state index in [1.54, 1.807) is 0 Å². The van der Waals surface area contributed by atoms with Crippen LogP contribution in [0, 0.1) is 0 Å². The van der Waals surface area contributed by atoms with Crippen LogP contribution in [0.2, 0.25) is 6.04 Å². The summed E-state index contributed by atoms with van der Waals surface area (Å²) in [6, 6.07) is 0.759. The molecule has 0 aromatic rings. The minimum Gasteiger partial charge on any atom is -0.374 e. The van der Waals surface area contributed by atoms with Gasteiger partial charge in [0.1, 0.15) is 0 Å². The third-order valence-electron chi connectivity index (χ3n) is 2.06. The van der Waals surface area contributed by atoms with Crippen LogP contribution in [0.1, 0.15) is 27.2 Å². The molecular formula is C10H24O3S2Si. The first-order valence-electron chi connectivity index (χ1n) is 5.81. The van der Waals surface area contributed by atoms with Gasteiger partial charge in [-0.25, -0.2) is 0 Å². The predicted molar refractivity (Wildman–Crippen MR) is 76.7 cm³/mol. The molecule has 0 aromatic carbocycles. The molecule has 0 saturated carbocycles. The minimum atomic E-state index is -2.51. The van der Waals surface area contributed by atoms with Gasteiger partial charge in [-0.15, -0.1) is 0 Å². The maximum atomic E-state index is 6.00. The third-order valence-corrected chi connectivity index (χ3v) is 6.05. The van der Waals surface area contributed by atoms with Crippen LogP contribution in [-0.2, 0) is 13.3 Å². The Hall–Kier alpha value is 0.797. The lowest BCUT2D eigenvalue weighted by Gasteiger charge is -2.31. The van der Waals surface area contributed by atoms with E-state index < -0.39 is 8.80 Å². The van der Waals surface area contributed by atoms with E-state index in [4.69, 9.17) is 13.3 Å². The van der Waals surface area contributed by atoms with Gasteiger partial charge in [0, 0.05) is 25.4 Å². The fourth-order valence-electron chi connectivity index (χ4n) is 1.44. The molecule has 0 spiro atoms. The first-order chi connectivity index (χ1) is 7.64. The molecule has 6 heteroatoms. The van der Waals surface area contributed by atoms with Crippen molar-refractivity contribution in [2.75, 3.05) is 24.7 Å². The van der Waals surface area contributed by atoms with E-state index in [0.29, 0.717) is 13.2 Å². The van der Waals surface area contributed by atoms with Gasteiger partial charge in [-0.05, 0) is 38.7 Å². The zero-order valence-corrected chi connectivity index (χ0v) is 13.2. The number of rotatable bonds is 10. The van der Waals surface area contributed by atoms with Gasteiger partial charge in [0.15, 0.2) is 0 Å². The lowest BCUT2D eigenvalue weighted by molar-refractivity contribution is 0.0389. The molecule has 0 N–H and O–H groups in total. The molecule has 0 amide bonds. The van der Waals surface area contributed by atoms with Crippen LogP contribution in [0.25, 0.3) is 0 Å². The van der Waals surface area contributed by atoms with Gasteiger partial charge in [-0.3, -0.25) is 0 Å². The molecular weight excluding hydrogens is 260 g/mol. The molecule has 0 saturated heterocycles. The van der Waals surface area contributed by atoms with E-state index in [1.165, 1.54) is 0 Å². The van der Waals surface area contributed by atoms with E-state index >= 15 is 0 Å². The Morgan fingerprint density at radius 1 is 1.06 bits per heavy atom. The van der Waals surface area contributed by atoms with E-state index in [-0.39, 0.29) is 6.10 Å². The van der Waals surface area contributed by atoms with Crippen LogP contribution in [0.5, 0.6) is 0 Å². The summed E-state index contributed by atoms with van der Waals surface area (Å²) in [7, 11) is -2.51. The maximum Gasteiger partial charge on any atom is 0.502 e. The van der Waals surface area contributed by atoms with Crippen LogP contribution in [0.3, 0.4) is 0 Å². The molecule has 0 aromatic heterocycles. The fourth-order valence-corrected chi connectivity index (χ4v) is 5.13. The van der Waals surface area contributed by atoms with Crippen molar-refractivity contribution in [3.63, 3.8) is 0 Å². The standard InChI is InChI=1S/C10H24O3S2Si/c1-4-11-16(9-8-15,12-5-2)13-10(3)6-7-14/h10,14-15H,4-9H2,1-3H3. The topological polar surface area (TPSA) is 27.7 Å². The summed E-state index contributed by atoms with van der Waals surface area (Å²) in [6.45, 7) is 7.20. The molecule has 0 rings (SSSR count). The van der Waals surface area contributed by atoms with E-state index in [2.05, 4.69) is 25.3 Å². The Labute approximate surface area is 111 Å². The number of thiol groups is 2. The SMILES string of the molecule is CCO[Si](CCS)(OCC)OC(C)CCS. The van der Waals surface area contributed by atoms with Crippen LogP contribution >= 0.6 is 25.3 Å². The Balaban J connectivity index is 4.44. The van der Waals surface area contributed by atoms with Crippen molar-refractivity contribution in [2.24, 2.45) is 0 Å². The first-order valence-corrected chi connectivity index (χ1v) is 9.01. The lowest BCUT2D eigenvalue weighted by Crippen LogP contribution is -2.48. The van der Waals surface area contributed by atoms with Crippen molar-refractivity contribution in [1.29, 1.82) is 0 Å². The normalized spacial score (nSPS) is 14.1. The van der Waals surface area contributed by atoms with Crippen molar-refractivity contribution < 1.29 is 13.3 Å². The second kappa shape index (κ2) is 9.79. The van der Waals surface area contributed by atoms with Crippen LogP contribution in [0.4, 0.5) is 0 Å². The molecule has 0 aliphatic carbocycles. The van der Waals surface area contributed by atoms with Crippen molar-refractivity contribution in [3.05, 3.63) is 0 Å². The Kier molecular flexibility index (Phi) is 10.3. The molecule has 0 fully saturated rings. The average molecular weight is 285 g/mol. The molecule has 98 valence electrons.